The van der Waals surface area contributed by atoms with Crippen LogP contribution < -0.4 is 4.72 Å². The highest BCUT2D eigenvalue weighted by Crippen LogP contribution is 2.21. The molecular weight excluding hydrogens is 392 g/mol. The van der Waals surface area contributed by atoms with Crippen molar-refractivity contribution in [2.75, 3.05) is 32.8 Å². The van der Waals surface area contributed by atoms with Crippen LogP contribution in [0.5, 0.6) is 0 Å². The number of nitrogens with zero attached hydrogens (tertiary/aromatic N) is 1. The van der Waals surface area contributed by atoms with Gasteiger partial charge in [-0.05, 0) is 37.0 Å². The molecule has 1 fully saturated rings. The fraction of sp³-hybridized carbons (Fsp3) is 0.647. The molecule has 1 aromatic carbocycles. The summed E-state index contributed by atoms with van der Waals surface area (Å²) in [6.07, 6.45) is 0.958. The minimum Gasteiger partial charge on any atom is -0.379 e. The first-order valence-corrected chi connectivity index (χ1v) is 10.6. The van der Waals surface area contributed by atoms with Gasteiger partial charge in [0.2, 0.25) is 10.0 Å². The van der Waals surface area contributed by atoms with Crippen LogP contribution >= 0.6 is 15.9 Å². The Balaban J connectivity index is 2.10. The van der Waals surface area contributed by atoms with E-state index in [1.165, 1.54) is 0 Å². The summed E-state index contributed by atoms with van der Waals surface area (Å²) in [5.41, 5.74) is 0.748. The third kappa shape index (κ3) is 5.52. The lowest BCUT2D eigenvalue weighted by Crippen LogP contribution is -2.49. The number of hydrogen-bond acceptors (Lipinski definition) is 4. The molecular formula is C17H27BrN2O3S. The number of morpholine rings is 1. The molecule has 1 aliphatic heterocycles. The number of hydrogen-bond donors (Lipinski definition) is 1. The van der Waals surface area contributed by atoms with E-state index in [-0.39, 0.29) is 6.04 Å². The van der Waals surface area contributed by atoms with E-state index in [4.69, 9.17) is 4.74 Å². The molecule has 1 atom stereocenters. The van der Waals surface area contributed by atoms with Gasteiger partial charge in [0, 0.05) is 30.1 Å². The first kappa shape index (κ1) is 19.8. The van der Waals surface area contributed by atoms with Crippen LogP contribution in [0, 0.1) is 12.8 Å². The summed E-state index contributed by atoms with van der Waals surface area (Å²) in [4.78, 5) is 2.67. The molecule has 1 aromatic rings. The number of halogens is 1. The molecule has 7 heteroatoms. The maximum atomic E-state index is 12.7. The molecule has 0 aliphatic carbocycles. The normalized spacial score (nSPS) is 18.0. The van der Waals surface area contributed by atoms with Gasteiger partial charge >= 0.3 is 0 Å². The van der Waals surface area contributed by atoms with Crippen molar-refractivity contribution in [3.05, 3.63) is 28.2 Å². The van der Waals surface area contributed by atoms with Gasteiger partial charge in [0.25, 0.3) is 0 Å². The number of rotatable bonds is 7. The summed E-state index contributed by atoms with van der Waals surface area (Å²) < 4.78 is 34.4. The van der Waals surface area contributed by atoms with Crippen LogP contribution in [0.1, 0.15) is 25.8 Å². The van der Waals surface area contributed by atoms with E-state index in [2.05, 4.69) is 39.4 Å². The van der Waals surface area contributed by atoms with Gasteiger partial charge in [0.1, 0.15) is 0 Å². The molecule has 24 heavy (non-hydrogen) atoms. The Kier molecular flexibility index (Phi) is 7.24. The summed E-state index contributed by atoms with van der Waals surface area (Å²) in [7, 11) is -3.52. The molecule has 1 aliphatic rings. The maximum absolute atomic E-state index is 12.7. The summed E-state index contributed by atoms with van der Waals surface area (Å²) in [6.45, 7) is 9.71. The van der Waals surface area contributed by atoms with E-state index in [9.17, 15) is 8.42 Å². The number of benzene rings is 1. The predicted molar refractivity (Wildman–Crippen MR) is 99.7 cm³/mol. The van der Waals surface area contributed by atoms with Gasteiger partial charge in [0.05, 0.1) is 18.1 Å². The molecule has 1 heterocycles. The van der Waals surface area contributed by atoms with E-state index in [0.717, 1.165) is 29.5 Å². The van der Waals surface area contributed by atoms with Crippen LogP contribution in [0.3, 0.4) is 0 Å². The molecule has 0 radical (unpaired) electrons. The second-order valence-electron chi connectivity index (χ2n) is 6.69. The van der Waals surface area contributed by atoms with Crippen LogP contribution in [-0.2, 0) is 14.8 Å². The molecule has 5 nitrogen and oxygen atoms in total. The van der Waals surface area contributed by atoms with E-state index in [1.807, 2.05) is 19.1 Å². The number of nitrogens with one attached hydrogen (secondary N) is 1. The minimum absolute atomic E-state index is 0.191. The Morgan fingerprint density at radius 2 is 1.96 bits per heavy atom. The van der Waals surface area contributed by atoms with Gasteiger partial charge in [-0.15, -0.1) is 0 Å². The number of aryl methyl sites for hydroxylation is 1. The summed E-state index contributed by atoms with van der Waals surface area (Å²) in [6, 6.07) is 5.51. The van der Waals surface area contributed by atoms with Crippen LogP contribution in [-0.4, -0.2) is 52.2 Å². The minimum atomic E-state index is -3.52. The molecule has 0 aromatic heterocycles. The Hall–Kier alpha value is -0.470. The first-order chi connectivity index (χ1) is 11.3. The standard InChI is InChI=1S/C17H27BrN2O3S/c1-13(2)10-16(20-6-8-23-9-7-20)12-19-24(21,22)17-11-15(18)5-4-14(17)3/h4-5,11,13,16,19H,6-10,12H2,1-3H3. The molecule has 0 spiro atoms. The van der Waals surface area contributed by atoms with Crippen molar-refractivity contribution in [2.45, 2.75) is 38.1 Å². The predicted octanol–water partition coefficient (Wildman–Crippen LogP) is 2.78. The van der Waals surface area contributed by atoms with Crippen molar-refractivity contribution in [3.8, 4) is 0 Å². The second-order valence-corrected chi connectivity index (χ2v) is 9.34. The Morgan fingerprint density at radius 3 is 2.58 bits per heavy atom. The molecule has 2 rings (SSSR count). The van der Waals surface area contributed by atoms with Crippen molar-refractivity contribution in [1.82, 2.24) is 9.62 Å². The topological polar surface area (TPSA) is 58.6 Å². The molecule has 0 bridgehead atoms. The highest BCUT2D eigenvalue weighted by atomic mass is 79.9. The molecule has 0 amide bonds. The maximum Gasteiger partial charge on any atom is 0.240 e. The van der Waals surface area contributed by atoms with Gasteiger partial charge in [-0.25, -0.2) is 13.1 Å². The van der Waals surface area contributed by atoms with Crippen molar-refractivity contribution in [2.24, 2.45) is 5.92 Å². The highest BCUT2D eigenvalue weighted by Gasteiger charge is 2.25. The zero-order valence-corrected chi connectivity index (χ0v) is 17.0. The fourth-order valence-corrected chi connectivity index (χ4v) is 4.85. The Morgan fingerprint density at radius 1 is 1.29 bits per heavy atom. The fourth-order valence-electron chi connectivity index (χ4n) is 3.00. The largest absolute Gasteiger partial charge is 0.379 e. The van der Waals surface area contributed by atoms with Crippen molar-refractivity contribution in [3.63, 3.8) is 0 Å². The Bertz CT molecular complexity index is 643. The van der Waals surface area contributed by atoms with Crippen LogP contribution in [0.25, 0.3) is 0 Å². The Labute approximate surface area is 153 Å². The van der Waals surface area contributed by atoms with Gasteiger partial charge in [-0.3, -0.25) is 4.90 Å². The van der Waals surface area contributed by atoms with Crippen molar-refractivity contribution >= 4 is 26.0 Å². The highest BCUT2D eigenvalue weighted by molar-refractivity contribution is 9.10. The smallest absolute Gasteiger partial charge is 0.240 e. The molecule has 0 saturated carbocycles. The zero-order valence-electron chi connectivity index (χ0n) is 14.6. The molecule has 136 valence electrons. The number of ether oxygens (including phenoxy) is 1. The monoisotopic (exact) mass is 418 g/mol. The first-order valence-electron chi connectivity index (χ1n) is 8.37. The van der Waals surface area contributed by atoms with Crippen LogP contribution in [0.15, 0.2) is 27.6 Å². The van der Waals surface area contributed by atoms with E-state index < -0.39 is 10.0 Å². The summed E-state index contributed by atoms with van der Waals surface area (Å²) in [5.74, 6) is 0.509. The second kappa shape index (κ2) is 8.76. The van der Waals surface area contributed by atoms with E-state index in [0.29, 0.717) is 30.6 Å². The van der Waals surface area contributed by atoms with Crippen LogP contribution in [0.2, 0.25) is 0 Å². The number of sulfonamides is 1. The summed E-state index contributed by atoms with van der Waals surface area (Å²) in [5, 5.41) is 0. The van der Waals surface area contributed by atoms with Gasteiger partial charge in [-0.1, -0.05) is 35.8 Å². The van der Waals surface area contributed by atoms with Crippen LogP contribution in [0.4, 0.5) is 0 Å². The zero-order chi connectivity index (χ0) is 17.7. The average molecular weight is 419 g/mol. The lowest BCUT2D eigenvalue weighted by molar-refractivity contribution is 0.0134. The van der Waals surface area contributed by atoms with Crippen molar-refractivity contribution in [1.29, 1.82) is 0 Å². The van der Waals surface area contributed by atoms with Gasteiger partial charge in [0.15, 0.2) is 0 Å². The molecule has 1 N–H and O–H groups in total. The third-order valence-electron chi connectivity index (χ3n) is 4.25. The summed E-state index contributed by atoms with van der Waals surface area (Å²) >= 11 is 3.35. The third-order valence-corrected chi connectivity index (χ3v) is 6.31. The average Bonchev–Trinajstić information content (AvgIpc) is 2.54. The van der Waals surface area contributed by atoms with E-state index >= 15 is 0 Å². The lowest BCUT2D eigenvalue weighted by atomic mass is 10.0. The lowest BCUT2D eigenvalue weighted by Gasteiger charge is -2.35. The molecule has 1 saturated heterocycles. The van der Waals surface area contributed by atoms with Crippen molar-refractivity contribution < 1.29 is 13.2 Å². The van der Waals surface area contributed by atoms with E-state index in [1.54, 1.807) is 6.07 Å². The molecule has 1 unspecified atom stereocenters. The SMILES string of the molecule is Cc1ccc(Br)cc1S(=O)(=O)NCC(CC(C)C)N1CCOCC1. The van der Waals surface area contributed by atoms with Gasteiger partial charge < -0.3 is 4.74 Å². The van der Waals surface area contributed by atoms with Gasteiger partial charge in [-0.2, -0.15) is 0 Å². The quantitative estimate of drug-likeness (QED) is 0.739.